The van der Waals surface area contributed by atoms with Gasteiger partial charge in [-0.3, -0.25) is 9.69 Å². The minimum atomic E-state index is -0.816. The van der Waals surface area contributed by atoms with Crippen LogP contribution in [0.25, 0.3) is 0 Å². The first-order valence-electron chi connectivity index (χ1n) is 5.91. The van der Waals surface area contributed by atoms with Crippen molar-refractivity contribution in [2.45, 2.75) is 38.8 Å². The maximum absolute atomic E-state index is 10.7. The average Bonchev–Trinajstić information content (AvgIpc) is 3.00. The SMILES string of the molecule is CCCN(CC(=O)O)Cc1nnnn1C1CC1. The standard InChI is InChI=1S/C10H17N5O2/c1-2-5-14(7-10(16)17)6-9-11-12-13-15(9)8-3-4-8/h8H,2-7H2,1H3,(H,16,17). The fraction of sp³-hybridized carbons (Fsp3) is 0.800. The van der Waals surface area contributed by atoms with E-state index in [1.54, 1.807) is 0 Å². The number of tetrazole rings is 1. The molecule has 1 aliphatic carbocycles. The van der Waals surface area contributed by atoms with Gasteiger partial charge in [0, 0.05) is 0 Å². The average molecular weight is 239 g/mol. The largest absolute Gasteiger partial charge is 0.480 e. The van der Waals surface area contributed by atoms with E-state index in [1.165, 1.54) is 0 Å². The molecule has 1 fully saturated rings. The van der Waals surface area contributed by atoms with E-state index in [0.717, 1.165) is 31.6 Å². The van der Waals surface area contributed by atoms with E-state index in [4.69, 9.17) is 5.11 Å². The Morgan fingerprint density at radius 2 is 2.35 bits per heavy atom. The number of rotatable bonds is 7. The molecule has 0 saturated heterocycles. The van der Waals surface area contributed by atoms with Gasteiger partial charge in [0.05, 0.1) is 19.1 Å². The van der Waals surface area contributed by atoms with Crippen molar-refractivity contribution in [3.63, 3.8) is 0 Å². The third-order valence-electron chi connectivity index (χ3n) is 2.72. The topological polar surface area (TPSA) is 84.1 Å². The lowest BCUT2D eigenvalue weighted by atomic mass is 10.3. The number of aliphatic carboxylic acids is 1. The van der Waals surface area contributed by atoms with Crippen molar-refractivity contribution in [3.05, 3.63) is 5.82 Å². The van der Waals surface area contributed by atoms with Crippen LogP contribution in [0.5, 0.6) is 0 Å². The highest BCUT2D eigenvalue weighted by atomic mass is 16.4. The normalized spacial score (nSPS) is 15.4. The Balaban J connectivity index is 2.00. The van der Waals surface area contributed by atoms with Crippen LogP contribution in [0.15, 0.2) is 0 Å². The molecule has 1 aromatic heterocycles. The highest BCUT2D eigenvalue weighted by Crippen LogP contribution is 2.34. The zero-order valence-electron chi connectivity index (χ0n) is 9.91. The van der Waals surface area contributed by atoms with Crippen molar-refractivity contribution in [1.82, 2.24) is 25.1 Å². The third-order valence-corrected chi connectivity index (χ3v) is 2.72. The molecule has 94 valence electrons. The molecule has 0 radical (unpaired) electrons. The first kappa shape index (κ1) is 12.0. The van der Waals surface area contributed by atoms with Gasteiger partial charge in [-0.05, 0) is 36.2 Å². The number of hydrogen-bond acceptors (Lipinski definition) is 5. The van der Waals surface area contributed by atoms with Gasteiger partial charge in [0.1, 0.15) is 0 Å². The van der Waals surface area contributed by atoms with Gasteiger partial charge in [0.15, 0.2) is 5.82 Å². The van der Waals surface area contributed by atoms with Gasteiger partial charge in [-0.15, -0.1) is 5.10 Å². The van der Waals surface area contributed by atoms with Gasteiger partial charge < -0.3 is 5.11 Å². The summed E-state index contributed by atoms with van der Waals surface area (Å²) in [6.45, 7) is 3.30. The molecule has 17 heavy (non-hydrogen) atoms. The van der Waals surface area contributed by atoms with Crippen LogP contribution in [0.1, 0.15) is 38.1 Å². The lowest BCUT2D eigenvalue weighted by Crippen LogP contribution is -2.31. The van der Waals surface area contributed by atoms with Crippen LogP contribution < -0.4 is 0 Å². The molecule has 0 aromatic carbocycles. The molecule has 1 aromatic rings. The summed E-state index contributed by atoms with van der Waals surface area (Å²) in [5, 5.41) is 20.4. The summed E-state index contributed by atoms with van der Waals surface area (Å²) in [4.78, 5) is 12.6. The number of carboxylic acid groups (broad SMARTS) is 1. The summed E-state index contributed by atoms with van der Waals surface area (Å²) < 4.78 is 1.82. The van der Waals surface area contributed by atoms with Crippen LogP contribution >= 0.6 is 0 Å². The fourth-order valence-electron chi connectivity index (χ4n) is 1.84. The summed E-state index contributed by atoms with van der Waals surface area (Å²) in [7, 11) is 0. The number of nitrogens with zero attached hydrogens (tertiary/aromatic N) is 5. The van der Waals surface area contributed by atoms with Gasteiger partial charge in [-0.2, -0.15) is 0 Å². The number of carbonyl (C=O) groups is 1. The maximum Gasteiger partial charge on any atom is 0.317 e. The lowest BCUT2D eigenvalue weighted by molar-refractivity contribution is -0.138. The van der Waals surface area contributed by atoms with Gasteiger partial charge in [0.2, 0.25) is 0 Å². The molecule has 0 unspecified atom stereocenters. The van der Waals surface area contributed by atoms with Crippen molar-refractivity contribution in [2.24, 2.45) is 0 Å². The molecule has 1 saturated carbocycles. The molecule has 1 heterocycles. The summed E-state index contributed by atoms with van der Waals surface area (Å²) in [6.07, 6.45) is 3.15. The second-order valence-corrected chi connectivity index (χ2v) is 4.38. The predicted octanol–water partition coefficient (Wildman–Crippen LogP) is 0.305. The molecule has 0 atom stereocenters. The van der Waals surface area contributed by atoms with Crippen molar-refractivity contribution in [3.8, 4) is 0 Å². The minimum absolute atomic E-state index is 0.0331. The zero-order chi connectivity index (χ0) is 12.3. The summed E-state index contributed by atoms with van der Waals surface area (Å²) >= 11 is 0. The summed E-state index contributed by atoms with van der Waals surface area (Å²) in [5.74, 6) is -0.0499. The second-order valence-electron chi connectivity index (χ2n) is 4.38. The number of hydrogen-bond donors (Lipinski definition) is 1. The summed E-state index contributed by atoms with van der Waals surface area (Å²) in [5.41, 5.74) is 0. The van der Waals surface area contributed by atoms with E-state index in [-0.39, 0.29) is 6.54 Å². The lowest BCUT2D eigenvalue weighted by Gasteiger charge is -2.18. The molecule has 0 bridgehead atoms. The molecule has 1 aliphatic rings. The second kappa shape index (κ2) is 5.22. The molecular weight excluding hydrogens is 222 g/mol. The monoisotopic (exact) mass is 239 g/mol. The maximum atomic E-state index is 10.7. The van der Waals surface area contributed by atoms with Crippen molar-refractivity contribution in [1.29, 1.82) is 0 Å². The molecule has 7 heteroatoms. The first-order valence-corrected chi connectivity index (χ1v) is 5.91. The van der Waals surface area contributed by atoms with E-state index in [2.05, 4.69) is 15.5 Å². The van der Waals surface area contributed by atoms with Gasteiger partial charge >= 0.3 is 5.97 Å². The van der Waals surface area contributed by atoms with E-state index >= 15 is 0 Å². The van der Waals surface area contributed by atoms with E-state index in [0.29, 0.717) is 12.6 Å². The highest BCUT2D eigenvalue weighted by Gasteiger charge is 2.28. The van der Waals surface area contributed by atoms with Crippen LogP contribution in [0.2, 0.25) is 0 Å². The van der Waals surface area contributed by atoms with Crippen LogP contribution in [0, 0.1) is 0 Å². The van der Waals surface area contributed by atoms with Crippen molar-refractivity contribution >= 4 is 5.97 Å². The fourth-order valence-corrected chi connectivity index (χ4v) is 1.84. The Labute approximate surface area is 99.4 Å². The van der Waals surface area contributed by atoms with E-state index < -0.39 is 5.97 Å². The van der Waals surface area contributed by atoms with E-state index in [1.807, 2.05) is 16.5 Å². The Kier molecular flexibility index (Phi) is 3.68. The number of aromatic nitrogens is 4. The van der Waals surface area contributed by atoms with Crippen LogP contribution in [-0.2, 0) is 11.3 Å². The van der Waals surface area contributed by atoms with Crippen molar-refractivity contribution in [2.75, 3.05) is 13.1 Å². The Hall–Kier alpha value is -1.50. The zero-order valence-corrected chi connectivity index (χ0v) is 9.91. The predicted molar refractivity (Wildman–Crippen MR) is 59.3 cm³/mol. The Bertz CT molecular complexity index is 388. The van der Waals surface area contributed by atoms with Crippen LogP contribution in [-0.4, -0.2) is 49.3 Å². The quantitative estimate of drug-likeness (QED) is 0.737. The Morgan fingerprint density at radius 3 is 2.94 bits per heavy atom. The third kappa shape index (κ3) is 3.23. The van der Waals surface area contributed by atoms with Gasteiger partial charge in [0.25, 0.3) is 0 Å². The molecule has 0 amide bonds. The molecule has 0 spiro atoms. The van der Waals surface area contributed by atoms with Crippen LogP contribution in [0.3, 0.4) is 0 Å². The van der Waals surface area contributed by atoms with Gasteiger partial charge in [-0.1, -0.05) is 6.92 Å². The van der Waals surface area contributed by atoms with Crippen LogP contribution in [0.4, 0.5) is 0 Å². The molecule has 1 N–H and O–H groups in total. The Morgan fingerprint density at radius 1 is 1.59 bits per heavy atom. The smallest absolute Gasteiger partial charge is 0.317 e. The first-order chi connectivity index (χ1) is 8.20. The van der Waals surface area contributed by atoms with Crippen molar-refractivity contribution < 1.29 is 9.90 Å². The van der Waals surface area contributed by atoms with Gasteiger partial charge in [-0.25, -0.2) is 4.68 Å². The molecule has 0 aliphatic heterocycles. The molecular formula is C10H17N5O2. The molecule has 7 nitrogen and oxygen atoms in total. The highest BCUT2D eigenvalue weighted by molar-refractivity contribution is 5.69. The molecule has 2 rings (SSSR count). The minimum Gasteiger partial charge on any atom is -0.480 e. The number of carboxylic acids is 1. The van der Waals surface area contributed by atoms with E-state index in [9.17, 15) is 4.79 Å². The summed E-state index contributed by atoms with van der Waals surface area (Å²) in [6, 6.07) is 0.424.